The molecule has 78 valence electrons. The van der Waals surface area contributed by atoms with E-state index in [4.69, 9.17) is 4.42 Å². The standard InChI is InChI=1S/C10H11N3O2/c1-7-11-8(2)13(12-7)6-9(14)10-4-3-5-15-10/h3-5H,6H2,1-2H3. The van der Waals surface area contributed by atoms with Crippen molar-refractivity contribution >= 4 is 5.78 Å². The van der Waals surface area contributed by atoms with Crippen LogP contribution in [0.2, 0.25) is 0 Å². The molecule has 0 aromatic carbocycles. The van der Waals surface area contributed by atoms with Gasteiger partial charge in [0.2, 0.25) is 5.78 Å². The number of aryl methyl sites for hydroxylation is 2. The molecule has 0 amide bonds. The number of Topliss-reactive ketones (excluding diaryl/α,β-unsaturated/α-hetero) is 1. The van der Waals surface area contributed by atoms with E-state index in [2.05, 4.69) is 10.1 Å². The van der Waals surface area contributed by atoms with Gasteiger partial charge in [0.15, 0.2) is 5.76 Å². The van der Waals surface area contributed by atoms with E-state index in [9.17, 15) is 4.79 Å². The molecule has 2 rings (SSSR count). The lowest BCUT2D eigenvalue weighted by atomic mass is 10.3. The van der Waals surface area contributed by atoms with Crippen LogP contribution in [-0.2, 0) is 6.54 Å². The predicted molar refractivity (Wildman–Crippen MR) is 52.5 cm³/mol. The topological polar surface area (TPSA) is 60.9 Å². The first-order valence-electron chi connectivity index (χ1n) is 4.61. The number of carbonyl (C=O) groups excluding carboxylic acids is 1. The number of ketones is 1. The first kappa shape index (κ1) is 9.64. The Morgan fingerprint density at radius 2 is 2.33 bits per heavy atom. The number of aromatic nitrogens is 3. The maximum absolute atomic E-state index is 11.7. The smallest absolute Gasteiger partial charge is 0.219 e. The van der Waals surface area contributed by atoms with E-state index in [1.54, 1.807) is 23.7 Å². The van der Waals surface area contributed by atoms with Crippen molar-refractivity contribution in [3.63, 3.8) is 0 Å². The van der Waals surface area contributed by atoms with Gasteiger partial charge in [-0.1, -0.05) is 0 Å². The van der Waals surface area contributed by atoms with Gasteiger partial charge in [0.25, 0.3) is 0 Å². The first-order chi connectivity index (χ1) is 7.16. The highest BCUT2D eigenvalue weighted by Crippen LogP contribution is 2.04. The lowest BCUT2D eigenvalue weighted by Crippen LogP contribution is -2.12. The molecule has 0 N–H and O–H groups in total. The van der Waals surface area contributed by atoms with Crippen LogP contribution in [0.4, 0.5) is 0 Å². The molecule has 2 aromatic rings. The fraction of sp³-hybridized carbons (Fsp3) is 0.300. The van der Waals surface area contributed by atoms with Crippen LogP contribution in [0.25, 0.3) is 0 Å². The molecule has 0 atom stereocenters. The highest BCUT2D eigenvalue weighted by Gasteiger charge is 2.12. The summed E-state index contributed by atoms with van der Waals surface area (Å²) >= 11 is 0. The van der Waals surface area contributed by atoms with Gasteiger partial charge in [0, 0.05) is 0 Å². The van der Waals surface area contributed by atoms with Crippen molar-refractivity contribution in [1.82, 2.24) is 14.8 Å². The van der Waals surface area contributed by atoms with Gasteiger partial charge in [-0.25, -0.2) is 9.67 Å². The molecular weight excluding hydrogens is 194 g/mol. The Labute approximate surface area is 86.7 Å². The molecule has 15 heavy (non-hydrogen) atoms. The number of carbonyl (C=O) groups is 1. The molecule has 2 heterocycles. The number of hydrogen-bond acceptors (Lipinski definition) is 4. The van der Waals surface area contributed by atoms with Crippen molar-refractivity contribution in [2.24, 2.45) is 0 Å². The van der Waals surface area contributed by atoms with Crippen LogP contribution in [0, 0.1) is 13.8 Å². The summed E-state index contributed by atoms with van der Waals surface area (Å²) in [4.78, 5) is 15.8. The Balaban J connectivity index is 2.16. The summed E-state index contributed by atoms with van der Waals surface area (Å²) in [6.45, 7) is 3.77. The van der Waals surface area contributed by atoms with Gasteiger partial charge in [0.05, 0.1) is 6.26 Å². The third-order valence-electron chi connectivity index (χ3n) is 2.05. The van der Waals surface area contributed by atoms with Gasteiger partial charge >= 0.3 is 0 Å². The van der Waals surface area contributed by atoms with E-state index in [1.807, 2.05) is 6.92 Å². The number of rotatable bonds is 3. The molecule has 0 aliphatic rings. The van der Waals surface area contributed by atoms with Crippen LogP contribution in [0.15, 0.2) is 22.8 Å². The van der Waals surface area contributed by atoms with E-state index >= 15 is 0 Å². The van der Waals surface area contributed by atoms with Gasteiger partial charge in [-0.3, -0.25) is 4.79 Å². The summed E-state index contributed by atoms with van der Waals surface area (Å²) in [7, 11) is 0. The lowest BCUT2D eigenvalue weighted by Gasteiger charge is -1.99. The Morgan fingerprint density at radius 1 is 1.53 bits per heavy atom. The minimum absolute atomic E-state index is 0.104. The summed E-state index contributed by atoms with van der Waals surface area (Å²) in [6.07, 6.45) is 1.48. The van der Waals surface area contributed by atoms with Crippen LogP contribution < -0.4 is 0 Å². The van der Waals surface area contributed by atoms with Crippen molar-refractivity contribution in [2.45, 2.75) is 20.4 Å². The second-order valence-corrected chi connectivity index (χ2v) is 3.26. The third-order valence-corrected chi connectivity index (χ3v) is 2.05. The van der Waals surface area contributed by atoms with E-state index in [-0.39, 0.29) is 12.3 Å². The van der Waals surface area contributed by atoms with Gasteiger partial charge in [-0.2, -0.15) is 5.10 Å². The minimum atomic E-state index is -0.104. The van der Waals surface area contributed by atoms with Crippen molar-refractivity contribution < 1.29 is 9.21 Å². The van der Waals surface area contributed by atoms with Gasteiger partial charge in [-0.05, 0) is 26.0 Å². The lowest BCUT2D eigenvalue weighted by molar-refractivity contribution is 0.0939. The highest BCUT2D eigenvalue weighted by atomic mass is 16.3. The van der Waals surface area contributed by atoms with Crippen LogP contribution in [-0.4, -0.2) is 20.5 Å². The molecule has 0 spiro atoms. The summed E-state index contributed by atoms with van der Waals surface area (Å²) in [5.41, 5.74) is 0. The van der Waals surface area contributed by atoms with Crippen LogP contribution in [0.1, 0.15) is 22.2 Å². The highest BCUT2D eigenvalue weighted by molar-refractivity contribution is 5.93. The third kappa shape index (κ3) is 1.96. The Morgan fingerprint density at radius 3 is 2.87 bits per heavy atom. The molecule has 0 saturated carbocycles. The van der Waals surface area contributed by atoms with Crippen LogP contribution >= 0.6 is 0 Å². The molecule has 0 aliphatic heterocycles. The van der Waals surface area contributed by atoms with Gasteiger partial charge < -0.3 is 4.42 Å². The Bertz CT molecular complexity index is 471. The van der Waals surface area contributed by atoms with E-state index in [0.717, 1.165) is 5.82 Å². The second-order valence-electron chi connectivity index (χ2n) is 3.26. The van der Waals surface area contributed by atoms with Crippen molar-refractivity contribution in [1.29, 1.82) is 0 Å². The molecule has 0 saturated heterocycles. The normalized spacial score (nSPS) is 10.5. The number of nitrogens with zero attached hydrogens (tertiary/aromatic N) is 3. The first-order valence-corrected chi connectivity index (χ1v) is 4.61. The number of hydrogen-bond donors (Lipinski definition) is 0. The molecule has 0 bridgehead atoms. The largest absolute Gasteiger partial charge is 0.461 e. The van der Waals surface area contributed by atoms with E-state index in [1.165, 1.54) is 6.26 Å². The summed E-state index contributed by atoms with van der Waals surface area (Å²) in [5.74, 6) is 1.64. The molecular formula is C10H11N3O2. The molecule has 0 unspecified atom stereocenters. The minimum Gasteiger partial charge on any atom is -0.461 e. The average Bonchev–Trinajstić information content (AvgIpc) is 2.76. The predicted octanol–water partition coefficient (Wildman–Crippen LogP) is 1.37. The zero-order chi connectivity index (χ0) is 10.8. The fourth-order valence-corrected chi connectivity index (χ4v) is 1.36. The second kappa shape index (κ2) is 3.68. The summed E-state index contributed by atoms with van der Waals surface area (Å²) in [6, 6.07) is 3.33. The molecule has 5 heteroatoms. The van der Waals surface area contributed by atoms with Gasteiger partial charge in [-0.15, -0.1) is 0 Å². The molecule has 0 aliphatic carbocycles. The van der Waals surface area contributed by atoms with E-state index in [0.29, 0.717) is 11.6 Å². The average molecular weight is 205 g/mol. The van der Waals surface area contributed by atoms with Gasteiger partial charge in [0.1, 0.15) is 18.2 Å². The Hall–Kier alpha value is -1.91. The summed E-state index contributed by atoms with van der Waals surface area (Å²) in [5, 5.41) is 4.10. The van der Waals surface area contributed by atoms with Crippen LogP contribution in [0.5, 0.6) is 0 Å². The zero-order valence-electron chi connectivity index (χ0n) is 8.60. The Kier molecular flexibility index (Phi) is 2.37. The monoisotopic (exact) mass is 205 g/mol. The van der Waals surface area contributed by atoms with Crippen LogP contribution in [0.3, 0.4) is 0 Å². The summed E-state index contributed by atoms with van der Waals surface area (Å²) < 4.78 is 6.57. The molecule has 5 nitrogen and oxygen atoms in total. The number of furan rings is 1. The van der Waals surface area contributed by atoms with Crippen molar-refractivity contribution in [3.05, 3.63) is 35.8 Å². The maximum atomic E-state index is 11.7. The van der Waals surface area contributed by atoms with Crippen molar-refractivity contribution in [2.75, 3.05) is 0 Å². The zero-order valence-corrected chi connectivity index (χ0v) is 8.60. The maximum Gasteiger partial charge on any atom is 0.219 e. The molecule has 0 radical (unpaired) electrons. The quantitative estimate of drug-likeness (QED) is 0.710. The van der Waals surface area contributed by atoms with E-state index < -0.39 is 0 Å². The SMILES string of the molecule is Cc1nc(C)n(CC(=O)c2ccco2)n1. The molecule has 2 aromatic heterocycles. The fourth-order valence-electron chi connectivity index (χ4n) is 1.36. The molecule has 0 fully saturated rings. The van der Waals surface area contributed by atoms with Crippen molar-refractivity contribution in [3.8, 4) is 0 Å².